The number of hydrogen-bond donors (Lipinski definition) is 0. The van der Waals surface area contributed by atoms with Crippen molar-refractivity contribution in [3.8, 4) is 0 Å². The number of rotatable bonds is 0. The molecule has 2 heterocycles. The van der Waals surface area contributed by atoms with Crippen LogP contribution in [0.1, 0.15) is 5.89 Å². The molecule has 0 unspecified atom stereocenters. The lowest BCUT2D eigenvalue weighted by atomic mass is 10.6. The van der Waals surface area contributed by atoms with Crippen LogP contribution in [0.5, 0.6) is 0 Å². The van der Waals surface area contributed by atoms with Gasteiger partial charge in [0.2, 0.25) is 11.2 Å². The van der Waals surface area contributed by atoms with Crippen LogP contribution >= 0.6 is 11.6 Å². The molecule has 2 aromatic heterocycles. The van der Waals surface area contributed by atoms with Crippen LogP contribution in [0.2, 0.25) is 5.15 Å². The topological polar surface area (TPSA) is 51.8 Å². The van der Waals surface area contributed by atoms with Gasteiger partial charge >= 0.3 is 12.1 Å². The van der Waals surface area contributed by atoms with Crippen molar-refractivity contribution in [3.63, 3.8) is 0 Å². The summed E-state index contributed by atoms with van der Waals surface area (Å²) in [5.74, 6) is -1.38. The molecule has 0 N–H and O–H groups in total. The van der Waals surface area contributed by atoms with Crippen LogP contribution in [0.15, 0.2) is 10.7 Å². The summed E-state index contributed by atoms with van der Waals surface area (Å²) < 4.78 is 40.7. The normalized spacial score (nSPS) is 12.3. The van der Waals surface area contributed by atoms with Gasteiger partial charge < -0.3 is 4.42 Å². The van der Waals surface area contributed by atoms with E-state index in [0.29, 0.717) is 0 Å². The van der Waals surface area contributed by atoms with E-state index in [-0.39, 0.29) is 16.4 Å². The molecule has 2 aromatic rings. The lowest BCUT2D eigenvalue weighted by molar-refractivity contribution is -0.156. The van der Waals surface area contributed by atoms with E-state index in [1.54, 1.807) is 0 Å². The predicted octanol–water partition coefficient (Wildman–Crippen LogP) is 2.29. The number of aromatic nitrogens is 3. The second-order valence-corrected chi connectivity index (χ2v) is 2.69. The Morgan fingerprint density at radius 1 is 1.29 bits per heavy atom. The number of halogens is 4. The maximum absolute atomic E-state index is 12.1. The number of oxazole rings is 1. The highest BCUT2D eigenvalue weighted by Crippen LogP contribution is 2.31. The molecule has 4 nitrogen and oxygen atoms in total. The summed E-state index contributed by atoms with van der Waals surface area (Å²) in [4.78, 5) is 10.0. The zero-order valence-corrected chi connectivity index (χ0v) is 7.10. The van der Waals surface area contributed by atoms with Gasteiger partial charge in [-0.1, -0.05) is 11.6 Å². The Kier molecular flexibility index (Phi) is 1.84. The van der Waals surface area contributed by atoms with Crippen LogP contribution in [0, 0.1) is 0 Å². The Labute approximate surface area is 79.7 Å². The smallest absolute Gasteiger partial charge is 0.428 e. The minimum Gasteiger partial charge on any atom is -0.428 e. The summed E-state index contributed by atoms with van der Waals surface area (Å²) in [6.45, 7) is 0. The molecule has 0 atom stereocenters. The van der Waals surface area contributed by atoms with E-state index >= 15 is 0 Å². The third-order valence-electron chi connectivity index (χ3n) is 1.39. The molecule has 0 aliphatic rings. The molecule has 0 aliphatic heterocycles. The highest BCUT2D eigenvalue weighted by atomic mass is 35.5. The van der Waals surface area contributed by atoms with Crippen LogP contribution in [-0.4, -0.2) is 15.0 Å². The summed E-state index contributed by atoms with van der Waals surface area (Å²) >= 11 is 5.47. The van der Waals surface area contributed by atoms with E-state index in [0.717, 1.165) is 6.33 Å². The average Bonchev–Trinajstić information content (AvgIpc) is 2.48. The van der Waals surface area contributed by atoms with Crippen molar-refractivity contribution in [1.82, 2.24) is 15.0 Å². The van der Waals surface area contributed by atoms with E-state index in [9.17, 15) is 13.2 Å². The largest absolute Gasteiger partial charge is 0.469 e. The van der Waals surface area contributed by atoms with Crippen molar-refractivity contribution >= 4 is 22.8 Å². The molecule has 8 heteroatoms. The SMILES string of the molecule is FC(F)(F)c1nc2ncnc(Cl)c2o1. The van der Waals surface area contributed by atoms with Gasteiger partial charge in [-0.25, -0.2) is 9.97 Å². The standard InChI is InChI=1S/C6HClF3N3O/c7-3-2-4(12-1-11-3)13-5(14-2)6(8,9)10/h1H. The Bertz CT molecular complexity index is 481. The van der Waals surface area contributed by atoms with Gasteiger partial charge in [-0.05, 0) is 0 Å². The number of hydrogen-bond acceptors (Lipinski definition) is 4. The first-order valence-electron chi connectivity index (χ1n) is 3.33. The van der Waals surface area contributed by atoms with Gasteiger partial charge in [-0.3, -0.25) is 0 Å². The lowest BCUT2D eigenvalue weighted by Crippen LogP contribution is -2.04. The quantitative estimate of drug-likeness (QED) is 0.643. The minimum absolute atomic E-state index is 0.196. The Morgan fingerprint density at radius 3 is 2.57 bits per heavy atom. The molecule has 2 rings (SSSR count). The monoisotopic (exact) mass is 223 g/mol. The first-order chi connectivity index (χ1) is 6.48. The molecule has 0 fully saturated rings. The van der Waals surface area contributed by atoms with E-state index in [1.165, 1.54) is 0 Å². The zero-order chi connectivity index (χ0) is 10.3. The van der Waals surface area contributed by atoms with Gasteiger partial charge in [0.1, 0.15) is 6.33 Å². The fourth-order valence-corrected chi connectivity index (χ4v) is 1.01. The van der Waals surface area contributed by atoms with Gasteiger partial charge in [0, 0.05) is 0 Å². The van der Waals surface area contributed by atoms with Crippen molar-refractivity contribution in [1.29, 1.82) is 0 Å². The fourth-order valence-electron chi connectivity index (χ4n) is 0.848. The second kappa shape index (κ2) is 2.81. The molecular formula is C6HClF3N3O. The Balaban J connectivity index is 2.69. The van der Waals surface area contributed by atoms with Crippen LogP contribution in [0.4, 0.5) is 13.2 Å². The second-order valence-electron chi connectivity index (χ2n) is 2.33. The summed E-state index contributed by atoms with van der Waals surface area (Å²) in [6.07, 6.45) is -3.64. The first-order valence-corrected chi connectivity index (χ1v) is 3.70. The molecule has 0 saturated heterocycles. The predicted molar refractivity (Wildman–Crippen MR) is 39.6 cm³/mol. The van der Waals surface area contributed by atoms with Crippen LogP contribution in [0.3, 0.4) is 0 Å². The summed E-state index contributed by atoms with van der Waals surface area (Å²) in [5.41, 5.74) is -0.473. The number of alkyl halides is 3. The molecule has 0 aromatic carbocycles. The van der Waals surface area contributed by atoms with E-state index in [2.05, 4.69) is 19.4 Å². The van der Waals surface area contributed by atoms with E-state index in [1.807, 2.05) is 0 Å². The molecule has 0 saturated carbocycles. The van der Waals surface area contributed by atoms with Crippen molar-refractivity contribution in [2.24, 2.45) is 0 Å². The van der Waals surface area contributed by atoms with Crippen molar-refractivity contribution in [3.05, 3.63) is 17.4 Å². The number of nitrogens with zero attached hydrogens (tertiary/aromatic N) is 3. The van der Waals surface area contributed by atoms with Crippen molar-refractivity contribution in [2.75, 3.05) is 0 Å². The third-order valence-corrected chi connectivity index (χ3v) is 1.66. The molecule has 0 aliphatic carbocycles. The lowest BCUT2D eigenvalue weighted by Gasteiger charge is -1.96. The van der Waals surface area contributed by atoms with Crippen LogP contribution in [-0.2, 0) is 6.18 Å². The summed E-state index contributed by atoms with van der Waals surface area (Å²) in [7, 11) is 0. The van der Waals surface area contributed by atoms with Crippen molar-refractivity contribution < 1.29 is 17.6 Å². The van der Waals surface area contributed by atoms with Crippen molar-refractivity contribution in [2.45, 2.75) is 6.18 Å². The fraction of sp³-hybridized carbons (Fsp3) is 0.167. The highest BCUT2D eigenvalue weighted by molar-refractivity contribution is 6.33. The molecular weight excluding hydrogens is 223 g/mol. The van der Waals surface area contributed by atoms with Gasteiger partial charge in [0.15, 0.2) is 5.15 Å². The minimum atomic E-state index is -4.65. The Morgan fingerprint density at radius 2 is 2.00 bits per heavy atom. The maximum atomic E-state index is 12.1. The van der Waals surface area contributed by atoms with Gasteiger partial charge in [0.25, 0.3) is 0 Å². The number of fused-ring (bicyclic) bond motifs is 1. The van der Waals surface area contributed by atoms with Gasteiger partial charge in [-0.15, -0.1) is 0 Å². The van der Waals surface area contributed by atoms with Crippen LogP contribution in [0.25, 0.3) is 11.2 Å². The molecule has 0 amide bonds. The van der Waals surface area contributed by atoms with Gasteiger partial charge in [-0.2, -0.15) is 18.2 Å². The first kappa shape index (κ1) is 9.20. The van der Waals surface area contributed by atoms with Gasteiger partial charge in [0.05, 0.1) is 0 Å². The molecule has 0 bridgehead atoms. The van der Waals surface area contributed by atoms with E-state index < -0.39 is 12.1 Å². The summed E-state index contributed by atoms with van der Waals surface area (Å²) in [6, 6.07) is 0. The van der Waals surface area contributed by atoms with E-state index in [4.69, 9.17) is 11.6 Å². The Hall–Kier alpha value is -1.37. The highest BCUT2D eigenvalue weighted by Gasteiger charge is 2.38. The molecule has 0 radical (unpaired) electrons. The zero-order valence-electron chi connectivity index (χ0n) is 6.34. The average molecular weight is 224 g/mol. The third kappa shape index (κ3) is 1.39. The summed E-state index contributed by atoms with van der Waals surface area (Å²) in [5, 5.41) is -0.196. The van der Waals surface area contributed by atoms with Crippen LogP contribution < -0.4 is 0 Å². The molecule has 14 heavy (non-hydrogen) atoms. The molecule has 0 spiro atoms. The maximum Gasteiger partial charge on any atom is 0.469 e. The molecule has 74 valence electrons.